The molecule has 116 valence electrons. The fraction of sp³-hybridized carbons (Fsp3) is 0.312. The van der Waals surface area contributed by atoms with Gasteiger partial charge in [-0.3, -0.25) is 9.89 Å². The number of H-pyrrole nitrogens is 1. The van der Waals surface area contributed by atoms with Crippen LogP contribution in [0, 0.1) is 0 Å². The van der Waals surface area contributed by atoms with E-state index in [4.69, 9.17) is 0 Å². The van der Waals surface area contributed by atoms with E-state index in [2.05, 4.69) is 15.5 Å². The Kier molecular flexibility index (Phi) is 4.30. The second kappa shape index (κ2) is 6.01. The Morgan fingerprint density at radius 3 is 2.36 bits per heavy atom. The van der Waals surface area contributed by atoms with Crippen molar-refractivity contribution in [1.82, 2.24) is 15.5 Å². The van der Waals surface area contributed by atoms with Crippen LogP contribution < -0.4 is 5.32 Å². The molecule has 0 fully saturated rings. The van der Waals surface area contributed by atoms with E-state index in [-0.39, 0.29) is 11.1 Å². The molecule has 1 unspecified atom stereocenters. The molecule has 0 radical (unpaired) electrons. The van der Waals surface area contributed by atoms with E-state index in [9.17, 15) is 14.7 Å². The van der Waals surface area contributed by atoms with Gasteiger partial charge in [0.1, 0.15) is 5.69 Å². The van der Waals surface area contributed by atoms with E-state index < -0.39 is 17.9 Å². The van der Waals surface area contributed by atoms with Gasteiger partial charge in [-0.1, -0.05) is 51.1 Å². The predicted molar refractivity (Wildman–Crippen MR) is 81.6 cm³/mol. The highest BCUT2D eigenvalue weighted by molar-refractivity contribution is 5.95. The van der Waals surface area contributed by atoms with E-state index in [0.29, 0.717) is 5.56 Å². The zero-order valence-corrected chi connectivity index (χ0v) is 12.8. The lowest BCUT2D eigenvalue weighted by molar-refractivity contribution is -0.139. The Bertz CT molecular complexity index is 671. The molecule has 6 heteroatoms. The fourth-order valence-electron chi connectivity index (χ4n) is 1.96. The number of aromatic nitrogens is 2. The van der Waals surface area contributed by atoms with Crippen LogP contribution >= 0.6 is 0 Å². The monoisotopic (exact) mass is 301 g/mol. The van der Waals surface area contributed by atoms with Gasteiger partial charge in [-0.05, 0) is 11.6 Å². The first kappa shape index (κ1) is 15.8. The largest absolute Gasteiger partial charge is 0.479 e. The van der Waals surface area contributed by atoms with Crippen LogP contribution in [0.15, 0.2) is 36.4 Å². The third-order valence-corrected chi connectivity index (χ3v) is 3.27. The number of hydrogen-bond acceptors (Lipinski definition) is 3. The molecule has 0 spiro atoms. The first-order valence-corrected chi connectivity index (χ1v) is 6.93. The molecule has 2 rings (SSSR count). The summed E-state index contributed by atoms with van der Waals surface area (Å²) >= 11 is 0. The molecular weight excluding hydrogens is 282 g/mol. The predicted octanol–water partition coefficient (Wildman–Crippen LogP) is 2.26. The Morgan fingerprint density at radius 1 is 1.23 bits per heavy atom. The first-order valence-electron chi connectivity index (χ1n) is 6.93. The number of carbonyl (C=O) groups excluding carboxylic acids is 1. The number of amides is 1. The van der Waals surface area contributed by atoms with Crippen LogP contribution in [0.4, 0.5) is 0 Å². The number of carbonyl (C=O) groups is 2. The Balaban J connectivity index is 2.19. The van der Waals surface area contributed by atoms with E-state index in [0.717, 1.165) is 5.69 Å². The maximum atomic E-state index is 12.2. The molecular formula is C16H19N3O3. The van der Waals surface area contributed by atoms with Crippen LogP contribution in [0.25, 0.3) is 0 Å². The van der Waals surface area contributed by atoms with Crippen molar-refractivity contribution in [2.24, 2.45) is 0 Å². The Labute approximate surface area is 128 Å². The topological polar surface area (TPSA) is 95.1 Å². The summed E-state index contributed by atoms with van der Waals surface area (Å²) < 4.78 is 0. The van der Waals surface area contributed by atoms with Gasteiger partial charge in [0, 0.05) is 11.1 Å². The van der Waals surface area contributed by atoms with Crippen molar-refractivity contribution in [1.29, 1.82) is 0 Å². The van der Waals surface area contributed by atoms with Crippen molar-refractivity contribution in [3.05, 3.63) is 53.3 Å². The van der Waals surface area contributed by atoms with Crippen LogP contribution in [0.3, 0.4) is 0 Å². The molecule has 0 bridgehead atoms. The highest BCUT2D eigenvalue weighted by Gasteiger charge is 2.25. The summed E-state index contributed by atoms with van der Waals surface area (Å²) in [6, 6.07) is 9.08. The minimum absolute atomic E-state index is 0.169. The smallest absolute Gasteiger partial charge is 0.330 e. The average molecular weight is 301 g/mol. The van der Waals surface area contributed by atoms with Gasteiger partial charge in [0.2, 0.25) is 0 Å². The molecule has 2 aromatic rings. The summed E-state index contributed by atoms with van der Waals surface area (Å²) in [5.74, 6) is -1.64. The van der Waals surface area contributed by atoms with E-state index in [1.54, 1.807) is 36.4 Å². The van der Waals surface area contributed by atoms with Gasteiger partial charge in [0.25, 0.3) is 5.91 Å². The lowest BCUT2D eigenvalue weighted by Crippen LogP contribution is -2.33. The fourth-order valence-corrected chi connectivity index (χ4v) is 1.96. The van der Waals surface area contributed by atoms with Crippen LogP contribution in [-0.2, 0) is 10.2 Å². The maximum Gasteiger partial charge on any atom is 0.330 e. The normalized spacial score (nSPS) is 12.7. The molecule has 0 aliphatic carbocycles. The van der Waals surface area contributed by atoms with Gasteiger partial charge in [0.05, 0.1) is 0 Å². The first-order chi connectivity index (χ1) is 10.3. The molecule has 1 heterocycles. The van der Waals surface area contributed by atoms with Gasteiger partial charge >= 0.3 is 5.97 Å². The van der Waals surface area contributed by atoms with Gasteiger partial charge < -0.3 is 10.4 Å². The number of aliphatic carboxylic acids is 1. The van der Waals surface area contributed by atoms with Crippen LogP contribution in [-0.4, -0.2) is 27.2 Å². The molecule has 1 amide bonds. The van der Waals surface area contributed by atoms with Gasteiger partial charge in [-0.15, -0.1) is 0 Å². The zero-order chi connectivity index (χ0) is 16.3. The van der Waals surface area contributed by atoms with Crippen molar-refractivity contribution in [2.75, 3.05) is 0 Å². The average Bonchev–Trinajstić information content (AvgIpc) is 2.95. The highest BCUT2D eigenvalue weighted by atomic mass is 16.4. The third-order valence-electron chi connectivity index (χ3n) is 3.27. The van der Waals surface area contributed by atoms with Crippen LogP contribution in [0.5, 0.6) is 0 Å². The maximum absolute atomic E-state index is 12.2. The number of hydrogen-bond donors (Lipinski definition) is 3. The number of aromatic amines is 1. The molecule has 0 aliphatic heterocycles. The molecule has 1 atom stereocenters. The molecule has 1 aromatic carbocycles. The number of nitrogens with one attached hydrogen (secondary N) is 2. The summed E-state index contributed by atoms with van der Waals surface area (Å²) in [5, 5.41) is 18.6. The number of benzene rings is 1. The quantitative estimate of drug-likeness (QED) is 0.807. The van der Waals surface area contributed by atoms with Crippen molar-refractivity contribution < 1.29 is 14.7 Å². The van der Waals surface area contributed by atoms with Gasteiger partial charge in [0.15, 0.2) is 6.04 Å². The SMILES string of the molecule is CC(C)(C)c1cc(C(=O)NC(C(=O)O)c2ccccc2)n[nH]1. The summed E-state index contributed by atoms with van der Waals surface area (Å²) in [6.07, 6.45) is 0. The molecule has 22 heavy (non-hydrogen) atoms. The molecule has 0 saturated carbocycles. The lowest BCUT2D eigenvalue weighted by atomic mass is 9.92. The minimum atomic E-state index is -1.12. The molecule has 0 aliphatic rings. The summed E-state index contributed by atoms with van der Waals surface area (Å²) in [6.45, 7) is 5.98. The van der Waals surface area contributed by atoms with Crippen molar-refractivity contribution in [3.8, 4) is 0 Å². The molecule has 3 N–H and O–H groups in total. The Morgan fingerprint density at radius 2 is 1.86 bits per heavy atom. The molecule has 1 aromatic heterocycles. The summed E-state index contributed by atoms with van der Waals surface area (Å²) in [7, 11) is 0. The Hall–Kier alpha value is -2.63. The number of carboxylic acids is 1. The number of rotatable bonds is 4. The lowest BCUT2D eigenvalue weighted by Gasteiger charge is -2.15. The van der Waals surface area contributed by atoms with Crippen molar-refractivity contribution in [3.63, 3.8) is 0 Å². The summed E-state index contributed by atoms with van der Waals surface area (Å²) in [5.41, 5.74) is 1.32. The van der Waals surface area contributed by atoms with Crippen LogP contribution in [0.2, 0.25) is 0 Å². The van der Waals surface area contributed by atoms with Gasteiger partial charge in [-0.2, -0.15) is 5.10 Å². The van der Waals surface area contributed by atoms with E-state index in [1.807, 2.05) is 20.8 Å². The van der Waals surface area contributed by atoms with Crippen molar-refractivity contribution >= 4 is 11.9 Å². The molecule has 0 saturated heterocycles. The summed E-state index contributed by atoms with van der Waals surface area (Å²) in [4.78, 5) is 23.6. The van der Waals surface area contributed by atoms with Gasteiger partial charge in [-0.25, -0.2) is 4.79 Å². The molecule has 6 nitrogen and oxygen atoms in total. The van der Waals surface area contributed by atoms with E-state index >= 15 is 0 Å². The number of nitrogens with zero attached hydrogens (tertiary/aromatic N) is 1. The van der Waals surface area contributed by atoms with Crippen molar-refractivity contribution in [2.45, 2.75) is 32.2 Å². The van der Waals surface area contributed by atoms with E-state index in [1.165, 1.54) is 0 Å². The third kappa shape index (κ3) is 3.52. The minimum Gasteiger partial charge on any atom is -0.479 e. The second-order valence-electron chi connectivity index (χ2n) is 6.07. The van der Waals surface area contributed by atoms with Crippen LogP contribution in [0.1, 0.15) is 48.6 Å². The zero-order valence-electron chi connectivity index (χ0n) is 12.8. The second-order valence-corrected chi connectivity index (χ2v) is 6.07. The standard InChI is InChI=1S/C16H19N3O3/c1-16(2,3)12-9-11(18-19-12)14(20)17-13(15(21)22)10-7-5-4-6-8-10/h4-9,13H,1-3H3,(H,17,20)(H,18,19)(H,21,22). The number of carboxylic acid groups (broad SMARTS) is 1. The highest BCUT2D eigenvalue weighted by Crippen LogP contribution is 2.20.